The quantitative estimate of drug-likeness (QED) is 0.890. The highest BCUT2D eigenvalue weighted by atomic mass is 32.2. The first-order valence-electron chi connectivity index (χ1n) is 5.61. The lowest BCUT2D eigenvalue weighted by Crippen LogP contribution is -2.16. The Morgan fingerprint density at radius 1 is 1.30 bits per heavy atom. The van der Waals surface area contributed by atoms with Crippen LogP contribution in [0.2, 0.25) is 0 Å². The van der Waals surface area contributed by atoms with Gasteiger partial charge in [-0.25, -0.2) is 13.2 Å². The van der Waals surface area contributed by atoms with Crippen molar-refractivity contribution in [1.82, 2.24) is 5.16 Å². The van der Waals surface area contributed by atoms with E-state index in [9.17, 15) is 13.2 Å². The minimum absolute atomic E-state index is 0.0139. The van der Waals surface area contributed by atoms with Gasteiger partial charge in [-0.15, -0.1) is 0 Å². The zero-order chi connectivity index (χ0) is 14.9. The molecule has 0 fully saturated rings. The molecular formula is C12H12N2O5S. The first-order valence-corrected chi connectivity index (χ1v) is 7.09. The Kier molecular flexibility index (Phi) is 3.49. The van der Waals surface area contributed by atoms with E-state index in [1.807, 2.05) is 0 Å². The maximum Gasteiger partial charge on any atom is 0.337 e. The minimum Gasteiger partial charge on any atom is -0.478 e. The number of rotatable bonds is 4. The van der Waals surface area contributed by atoms with E-state index in [-0.39, 0.29) is 27.6 Å². The first kappa shape index (κ1) is 14.1. The molecule has 1 aromatic heterocycles. The number of sulfonamides is 1. The van der Waals surface area contributed by atoms with Gasteiger partial charge in [0.1, 0.15) is 5.69 Å². The molecule has 0 spiro atoms. The minimum atomic E-state index is -3.96. The van der Waals surface area contributed by atoms with E-state index in [0.717, 1.165) is 0 Å². The number of hydrogen-bond donors (Lipinski definition) is 2. The van der Waals surface area contributed by atoms with Crippen molar-refractivity contribution in [3.8, 4) is 0 Å². The van der Waals surface area contributed by atoms with Crippen molar-refractivity contribution >= 4 is 21.7 Å². The third kappa shape index (κ3) is 2.50. The van der Waals surface area contributed by atoms with Crippen LogP contribution in [-0.2, 0) is 10.0 Å². The molecule has 0 aliphatic heterocycles. The Labute approximate surface area is 115 Å². The number of carbonyl (C=O) groups is 1. The smallest absolute Gasteiger partial charge is 0.337 e. The van der Waals surface area contributed by atoms with Gasteiger partial charge in [0.2, 0.25) is 0 Å². The third-order valence-electron chi connectivity index (χ3n) is 2.64. The predicted molar refractivity (Wildman–Crippen MR) is 70.2 cm³/mol. The molecule has 0 unspecified atom stereocenters. The van der Waals surface area contributed by atoms with Crippen molar-refractivity contribution in [2.75, 3.05) is 4.72 Å². The predicted octanol–water partition coefficient (Wildman–Crippen LogP) is 1.79. The highest BCUT2D eigenvalue weighted by Gasteiger charge is 2.25. The number of anilines is 1. The van der Waals surface area contributed by atoms with E-state index >= 15 is 0 Å². The molecule has 0 saturated heterocycles. The van der Waals surface area contributed by atoms with Gasteiger partial charge in [0, 0.05) is 0 Å². The van der Waals surface area contributed by atoms with Crippen LogP contribution < -0.4 is 4.72 Å². The lowest BCUT2D eigenvalue weighted by atomic mass is 10.2. The number of carboxylic acids is 1. The molecule has 2 aromatic rings. The Hall–Kier alpha value is -2.35. The summed E-state index contributed by atoms with van der Waals surface area (Å²) in [4.78, 5) is 11.0. The molecule has 1 heterocycles. The number of carboxylic acid groups (broad SMARTS) is 1. The van der Waals surface area contributed by atoms with Crippen LogP contribution in [0.3, 0.4) is 0 Å². The molecule has 0 atom stereocenters. The maximum atomic E-state index is 12.3. The fraction of sp³-hybridized carbons (Fsp3) is 0.167. The lowest BCUT2D eigenvalue weighted by Gasteiger charge is -2.09. The summed E-state index contributed by atoms with van der Waals surface area (Å²) in [5, 5.41) is 12.6. The Balaban J connectivity index is 2.47. The molecule has 0 amide bonds. The van der Waals surface area contributed by atoms with Crippen LogP contribution in [-0.4, -0.2) is 24.7 Å². The summed E-state index contributed by atoms with van der Waals surface area (Å²) in [6.07, 6.45) is 0. The highest BCUT2D eigenvalue weighted by molar-refractivity contribution is 7.92. The van der Waals surface area contributed by atoms with Crippen LogP contribution in [0.4, 0.5) is 5.69 Å². The zero-order valence-corrected chi connectivity index (χ0v) is 11.6. The molecule has 8 heteroatoms. The van der Waals surface area contributed by atoms with E-state index in [1.54, 1.807) is 0 Å². The second-order valence-corrected chi connectivity index (χ2v) is 5.73. The SMILES string of the molecule is Cc1noc(C)c1S(=O)(=O)Nc1ccccc1C(=O)O. The van der Waals surface area contributed by atoms with Gasteiger partial charge in [0.05, 0.1) is 11.3 Å². The van der Waals surface area contributed by atoms with Crippen LogP contribution >= 0.6 is 0 Å². The number of para-hydroxylation sites is 1. The highest BCUT2D eigenvalue weighted by Crippen LogP contribution is 2.24. The number of hydrogen-bond acceptors (Lipinski definition) is 5. The van der Waals surface area contributed by atoms with E-state index in [0.29, 0.717) is 0 Å². The van der Waals surface area contributed by atoms with Gasteiger partial charge in [0.25, 0.3) is 10.0 Å². The maximum absolute atomic E-state index is 12.3. The van der Waals surface area contributed by atoms with Crippen molar-refractivity contribution in [2.45, 2.75) is 18.7 Å². The van der Waals surface area contributed by atoms with E-state index in [1.165, 1.54) is 38.1 Å². The number of aryl methyl sites for hydroxylation is 2. The summed E-state index contributed by atoms with van der Waals surface area (Å²) >= 11 is 0. The number of benzene rings is 1. The molecule has 0 saturated carbocycles. The Morgan fingerprint density at radius 2 is 1.95 bits per heavy atom. The summed E-state index contributed by atoms with van der Waals surface area (Å²) in [5.41, 5.74) is 0.0608. The van der Waals surface area contributed by atoms with Crippen molar-refractivity contribution < 1.29 is 22.8 Å². The fourth-order valence-electron chi connectivity index (χ4n) is 1.81. The Bertz CT molecular complexity index is 744. The zero-order valence-electron chi connectivity index (χ0n) is 10.7. The average Bonchev–Trinajstić information content (AvgIpc) is 2.69. The van der Waals surface area contributed by atoms with Crippen LogP contribution in [0.5, 0.6) is 0 Å². The van der Waals surface area contributed by atoms with Gasteiger partial charge in [-0.2, -0.15) is 0 Å². The second kappa shape index (κ2) is 4.97. The monoisotopic (exact) mass is 296 g/mol. The molecule has 2 rings (SSSR count). The van der Waals surface area contributed by atoms with Crippen LogP contribution in [0.1, 0.15) is 21.8 Å². The molecule has 20 heavy (non-hydrogen) atoms. The fourth-order valence-corrected chi connectivity index (χ4v) is 3.22. The lowest BCUT2D eigenvalue weighted by molar-refractivity contribution is 0.0698. The largest absolute Gasteiger partial charge is 0.478 e. The van der Waals surface area contributed by atoms with Crippen molar-refractivity contribution in [3.05, 3.63) is 41.3 Å². The number of aromatic nitrogens is 1. The van der Waals surface area contributed by atoms with Crippen LogP contribution in [0.15, 0.2) is 33.7 Å². The van der Waals surface area contributed by atoms with Gasteiger partial charge in [-0.1, -0.05) is 17.3 Å². The van der Waals surface area contributed by atoms with Crippen LogP contribution in [0.25, 0.3) is 0 Å². The summed E-state index contributed by atoms with van der Waals surface area (Å²) in [7, 11) is -3.96. The molecule has 0 aliphatic carbocycles. The average molecular weight is 296 g/mol. The Morgan fingerprint density at radius 3 is 2.50 bits per heavy atom. The number of nitrogens with zero attached hydrogens (tertiary/aromatic N) is 1. The van der Waals surface area contributed by atoms with E-state index < -0.39 is 16.0 Å². The first-order chi connectivity index (χ1) is 9.33. The topological polar surface area (TPSA) is 110 Å². The molecule has 7 nitrogen and oxygen atoms in total. The molecule has 106 valence electrons. The molecule has 0 bridgehead atoms. The third-order valence-corrected chi connectivity index (χ3v) is 4.25. The van der Waals surface area contributed by atoms with Crippen molar-refractivity contribution in [3.63, 3.8) is 0 Å². The number of nitrogens with one attached hydrogen (secondary N) is 1. The molecule has 2 N–H and O–H groups in total. The van der Waals surface area contributed by atoms with Gasteiger partial charge < -0.3 is 9.63 Å². The van der Waals surface area contributed by atoms with Gasteiger partial charge in [-0.05, 0) is 26.0 Å². The van der Waals surface area contributed by atoms with Gasteiger partial charge >= 0.3 is 5.97 Å². The summed E-state index contributed by atoms with van der Waals surface area (Å²) in [6.45, 7) is 2.96. The van der Waals surface area contributed by atoms with Crippen molar-refractivity contribution in [2.24, 2.45) is 0 Å². The summed E-state index contributed by atoms with van der Waals surface area (Å²) in [5.74, 6) is -1.08. The summed E-state index contributed by atoms with van der Waals surface area (Å²) < 4.78 is 31.6. The molecule has 0 radical (unpaired) electrons. The van der Waals surface area contributed by atoms with Crippen molar-refractivity contribution in [1.29, 1.82) is 0 Å². The molecular weight excluding hydrogens is 284 g/mol. The number of aromatic carboxylic acids is 1. The second-order valence-electron chi connectivity index (χ2n) is 4.11. The normalized spacial score (nSPS) is 11.3. The van der Waals surface area contributed by atoms with Gasteiger partial charge in [-0.3, -0.25) is 4.72 Å². The summed E-state index contributed by atoms with van der Waals surface area (Å²) in [6, 6.07) is 5.74. The standard InChI is InChI=1S/C12H12N2O5S/c1-7-11(8(2)19-13-7)20(17,18)14-10-6-4-3-5-9(10)12(15)16/h3-6,14H,1-2H3,(H,15,16). The van der Waals surface area contributed by atoms with E-state index in [4.69, 9.17) is 9.63 Å². The van der Waals surface area contributed by atoms with Crippen LogP contribution in [0, 0.1) is 13.8 Å². The van der Waals surface area contributed by atoms with E-state index in [2.05, 4.69) is 9.88 Å². The van der Waals surface area contributed by atoms with Gasteiger partial charge in [0.15, 0.2) is 10.7 Å². The molecule has 0 aliphatic rings. The molecule has 1 aromatic carbocycles.